The standard InChI is InChI=1S/C21H23F3N6O4S/c1-3-6-26-18-17-13(21(22,23)24)10-27-19(17)30-20(29-18)28-14-5-4-12(9-15(14)33-2)35(31,32)16-11-25-7-8-34-16/h3-5,9-10,16,25H,1,6-8,11H2,2H3,(H3,26,27,28,29,30). The Balaban J connectivity index is 1.69. The molecule has 1 aliphatic rings. The number of H-pyrrole nitrogens is 1. The van der Waals surface area contributed by atoms with E-state index < -0.39 is 27.0 Å². The van der Waals surface area contributed by atoms with E-state index >= 15 is 0 Å². The van der Waals surface area contributed by atoms with E-state index in [0.717, 1.165) is 6.20 Å². The van der Waals surface area contributed by atoms with Gasteiger partial charge < -0.3 is 30.4 Å². The number of morpholine rings is 1. The van der Waals surface area contributed by atoms with Crippen LogP contribution in [0.2, 0.25) is 0 Å². The zero-order valence-corrected chi connectivity index (χ0v) is 19.4. The van der Waals surface area contributed by atoms with Crippen LogP contribution < -0.4 is 20.7 Å². The highest BCUT2D eigenvalue weighted by molar-refractivity contribution is 7.92. The molecule has 0 amide bonds. The van der Waals surface area contributed by atoms with Crippen molar-refractivity contribution >= 4 is 38.3 Å². The Morgan fingerprint density at radius 3 is 2.80 bits per heavy atom. The maximum Gasteiger partial charge on any atom is 0.418 e. The molecule has 3 heterocycles. The average Bonchev–Trinajstić information content (AvgIpc) is 3.28. The van der Waals surface area contributed by atoms with Crippen LogP contribution in [0.5, 0.6) is 5.75 Å². The summed E-state index contributed by atoms with van der Waals surface area (Å²) < 4.78 is 76.9. The molecule has 0 saturated carbocycles. The zero-order chi connectivity index (χ0) is 25.2. The number of rotatable bonds is 8. The van der Waals surface area contributed by atoms with Crippen LogP contribution in [0.4, 0.5) is 30.6 Å². The summed E-state index contributed by atoms with van der Waals surface area (Å²) >= 11 is 0. The molecule has 188 valence electrons. The number of aromatic nitrogens is 3. The molecule has 1 unspecified atom stereocenters. The first kappa shape index (κ1) is 24.8. The van der Waals surface area contributed by atoms with E-state index in [4.69, 9.17) is 9.47 Å². The van der Waals surface area contributed by atoms with E-state index in [2.05, 4.69) is 37.5 Å². The molecule has 0 bridgehead atoms. The van der Waals surface area contributed by atoms with Crippen molar-refractivity contribution in [2.24, 2.45) is 0 Å². The van der Waals surface area contributed by atoms with Crippen molar-refractivity contribution in [3.05, 3.63) is 42.6 Å². The summed E-state index contributed by atoms with van der Waals surface area (Å²) in [5.74, 6) is 0.0843. The van der Waals surface area contributed by atoms with Gasteiger partial charge in [0.25, 0.3) is 0 Å². The fourth-order valence-corrected chi connectivity index (χ4v) is 5.02. The minimum absolute atomic E-state index is 0.00232. The molecular formula is C21H23F3N6O4S. The van der Waals surface area contributed by atoms with Gasteiger partial charge in [-0.25, -0.2) is 8.42 Å². The first-order valence-corrected chi connectivity index (χ1v) is 12.0. The van der Waals surface area contributed by atoms with Crippen LogP contribution in [0, 0.1) is 0 Å². The highest BCUT2D eigenvalue weighted by Gasteiger charge is 2.36. The van der Waals surface area contributed by atoms with Crippen molar-refractivity contribution in [2.75, 3.05) is 44.0 Å². The van der Waals surface area contributed by atoms with E-state index in [-0.39, 0.29) is 53.1 Å². The first-order chi connectivity index (χ1) is 16.6. The summed E-state index contributed by atoms with van der Waals surface area (Å²) in [7, 11) is -2.44. The number of alkyl halides is 3. The highest BCUT2D eigenvalue weighted by Crippen LogP contribution is 2.38. The van der Waals surface area contributed by atoms with Crippen LogP contribution in [0.3, 0.4) is 0 Å². The summed E-state index contributed by atoms with van der Waals surface area (Å²) in [5, 5.41) is 8.45. The van der Waals surface area contributed by atoms with E-state index in [0.29, 0.717) is 12.2 Å². The van der Waals surface area contributed by atoms with Gasteiger partial charge in [0.15, 0.2) is 5.44 Å². The van der Waals surface area contributed by atoms with Gasteiger partial charge >= 0.3 is 6.18 Å². The lowest BCUT2D eigenvalue weighted by Gasteiger charge is -2.24. The number of aromatic amines is 1. The van der Waals surface area contributed by atoms with Crippen LogP contribution in [-0.2, 0) is 20.8 Å². The molecule has 3 aromatic rings. The molecule has 4 N–H and O–H groups in total. The average molecular weight is 513 g/mol. The topological polar surface area (TPSA) is 130 Å². The molecule has 35 heavy (non-hydrogen) atoms. The fraction of sp³-hybridized carbons (Fsp3) is 0.333. The summed E-state index contributed by atoms with van der Waals surface area (Å²) in [5.41, 5.74) is -1.66. The van der Waals surface area contributed by atoms with Gasteiger partial charge in [0.2, 0.25) is 15.8 Å². The van der Waals surface area contributed by atoms with Crippen molar-refractivity contribution < 1.29 is 31.1 Å². The second kappa shape index (κ2) is 9.71. The first-order valence-electron chi connectivity index (χ1n) is 10.5. The lowest BCUT2D eigenvalue weighted by Crippen LogP contribution is -2.43. The predicted octanol–water partition coefficient (Wildman–Crippen LogP) is 3.05. The van der Waals surface area contributed by atoms with Crippen LogP contribution >= 0.6 is 0 Å². The second-order valence-electron chi connectivity index (χ2n) is 7.53. The third-order valence-corrected chi connectivity index (χ3v) is 7.14. The Morgan fingerprint density at radius 1 is 1.34 bits per heavy atom. The normalized spacial score (nSPS) is 16.7. The van der Waals surface area contributed by atoms with E-state index in [1.54, 1.807) is 0 Å². The predicted molar refractivity (Wildman–Crippen MR) is 124 cm³/mol. The molecule has 14 heteroatoms. The number of methoxy groups -OCH3 is 1. The third-order valence-electron chi connectivity index (χ3n) is 5.24. The quantitative estimate of drug-likeness (QED) is 0.337. The van der Waals surface area contributed by atoms with Gasteiger partial charge in [0, 0.05) is 31.9 Å². The molecule has 0 radical (unpaired) electrons. The second-order valence-corrected chi connectivity index (χ2v) is 9.61. The lowest BCUT2D eigenvalue weighted by atomic mass is 10.2. The van der Waals surface area contributed by atoms with Gasteiger partial charge in [-0.2, -0.15) is 23.1 Å². The van der Waals surface area contributed by atoms with Crippen molar-refractivity contribution in [3.8, 4) is 5.75 Å². The minimum Gasteiger partial charge on any atom is -0.495 e. The number of halogens is 3. The Kier molecular flexibility index (Phi) is 6.87. The van der Waals surface area contributed by atoms with Gasteiger partial charge in [-0.15, -0.1) is 6.58 Å². The Labute approximate surface area is 198 Å². The molecule has 0 spiro atoms. The molecule has 4 rings (SSSR count). The summed E-state index contributed by atoms with van der Waals surface area (Å²) in [6, 6.07) is 4.17. The molecule has 10 nitrogen and oxygen atoms in total. The third kappa shape index (κ3) is 5.04. The van der Waals surface area contributed by atoms with Gasteiger partial charge in [-0.1, -0.05) is 6.08 Å². The Bertz CT molecular complexity index is 1340. The van der Waals surface area contributed by atoms with E-state index in [9.17, 15) is 21.6 Å². The van der Waals surface area contributed by atoms with E-state index in [1.165, 1.54) is 31.4 Å². The Morgan fingerprint density at radius 2 is 2.14 bits per heavy atom. The number of nitrogens with one attached hydrogen (secondary N) is 4. The minimum atomic E-state index is -4.61. The summed E-state index contributed by atoms with van der Waals surface area (Å²) in [6.45, 7) is 4.73. The smallest absolute Gasteiger partial charge is 0.418 e. The van der Waals surface area contributed by atoms with Crippen LogP contribution in [0.1, 0.15) is 5.56 Å². The summed E-state index contributed by atoms with van der Waals surface area (Å²) in [6.07, 6.45) is -2.30. The van der Waals surface area contributed by atoms with Gasteiger partial charge in [0.05, 0.1) is 35.2 Å². The van der Waals surface area contributed by atoms with Gasteiger partial charge in [0.1, 0.15) is 17.2 Å². The number of benzene rings is 1. The summed E-state index contributed by atoms with van der Waals surface area (Å²) in [4.78, 5) is 10.9. The SMILES string of the molecule is C=CCNc1nc(Nc2ccc(S(=O)(=O)C3CNCCO3)cc2OC)nc2[nH]cc(C(F)(F)F)c12. The molecule has 1 atom stereocenters. The largest absolute Gasteiger partial charge is 0.495 e. The molecular weight excluding hydrogens is 489 g/mol. The number of ether oxygens (including phenoxy) is 2. The van der Waals surface area contributed by atoms with Crippen molar-refractivity contribution in [1.29, 1.82) is 0 Å². The number of sulfone groups is 1. The number of hydrogen-bond donors (Lipinski definition) is 4. The Hall–Kier alpha value is -3.36. The van der Waals surface area contributed by atoms with Gasteiger partial charge in [-0.05, 0) is 12.1 Å². The molecule has 2 aromatic heterocycles. The maximum atomic E-state index is 13.5. The monoisotopic (exact) mass is 512 g/mol. The fourth-order valence-electron chi connectivity index (χ4n) is 3.57. The zero-order valence-electron chi connectivity index (χ0n) is 18.6. The lowest BCUT2D eigenvalue weighted by molar-refractivity contribution is -0.136. The van der Waals surface area contributed by atoms with Crippen LogP contribution in [-0.4, -0.2) is 62.2 Å². The number of anilines is 3. The van der Waals surface area contributed by atoms with Crippen molar-refractivity contribution in [3.63, 3.8) is 0 Å². The molecule has 1 aromatic carbocycles. The van der Waals surface area contributed by atoms with Crippen LogP contribution in [0.25, 0.3) is 11.0 Å². The van der Waals surface area contributed by atoms with Crippen molar-refractivity contribution in [1.82, 2.24) is 20.3 Å². The number of nitrogens with zero attached hydrogens (tertiary/aromatic N) is 2. The van der Waals surface area contributed by atoms with Crippen molar-refractivity contribution in [2.45, 2.75) is 16.5 Å². The highest BCUT2D eigenvalue weighted by atomic mass is 32.2. The van der Waals surface area contributed by atoms with Crippen LogP contribution in [0.15, 0.2) is 41.9 Å². The molecule has 1 saturated heterocycles. The number of hydrogen-bond acceptors (Lipinski definition) is 9. The van der Waals surface area contributed by atoms with Gasteiger partial charge in [-0.3, -0.25) is 0 Å². The maximum absolute atomic E-state index is 13.5. The van der Waals surface area contributed by atoms with E-state index in [1.807, 2.05) is 0 Å². The molecule has 1 fully saturated rings. The number of fused-ring (bicyclic) bond motifs is 1. The molecule has 1 aliphatic heterocycles. The molecule has 0 aliphatic carbocycles.